The summed E-state index contributed by atoms with van der Waals surface area (Å²) in [5, 5.41) is 3.97. The van der Waals surface area contributed by atoms with E-state index in [1.54, 1.807) is 6.20 Å². The summed E-state index contributed by atoms with van der Waals surface area (Å²) in [5.74, 6) is 0.455. The number of rotatable bonds is 4. The fourth-order valence-electron chi connectivity index (χ4n) is 3.86. The molecule has 0 saturated heterocycles. The SMILES string of the molecule is O=CC1C2=NCC=CC2=C(Cl)CC1C(N=C1CCC=CN1)c1ccccn1. The van der Waals surface area contributed by atoms with Crippen molar-refractivity contribution in [2.45, 2.75) is 25.3 Å². The molecule has 4 rings (SSSR count). The number of hydrogen-bond donors (Lipinski definition) is 1. The summed E-state index contributed by atoms with van der Waals surface area (Å²) in [6.07, 6.45) is 13.1. The van der Waals surface area contributed by atoms with Crippen LogP contribution in [-0.4, -0.2) is 29.4 Å². The summed E-state index contributed by atoms with van der Waals surface area (Å²) in [6.45, 7) is 0.579. The lowest BCUT2D eigenvalue weighted by Gasteiger charge is -2.35. The second kappa shape index (κ2) is 8.01. The van der Waals surface area contributed by atoms with Crippen LogP contribution in [0.5, 0.6) is 0 Å². The van der Waals surface area contributed by atoms with Crippen molar-refractivity contribution >= 4 is 29.4 Å². The lowest BCUT2D eigenvalue weighted by molar-refractivity contribution is -0.110. The molecule has 6 heteroatoms. The smallest absolute Gasteiger partial charge is 0.129 e. The van der Waals surface area contributed by atoms with Gasteiger partial charge in [0, 0.05) is 29.1 Å². The molecule has 0 amide bonds. The first-order valence-electron chi connectivity index (χ1n) is 9.22. The summed E-state index contributed by atoms with van der Waals surface area (Å²) < 4.78 is 0. The number of aliphatic imine (C=N–C) groups is 2. The predicted octanol–water partition coefficient (Wildman–Crippen LogP) is 3.76. The average Bonchev–Trinajstić information content (AvgIpc) is 2.73. The number of carbonyl (C=O) groups excluding carboxylic acids is 1. The Hall–Kier alpha value is -2.53. The summed E-state index contributed by atoms with van der Waals surface area (Å²) in [4.78, 5) is 26.2. The van der Waals surface area contributed by atoms with Gasteiger partial charge >= 0.3 is 0 Å². The Kier molecular flexibility index (Phi) is 5.30. The Morgan fingerprint density at radius 1 is 1.33 bits per heavy atom. The number of hydrogen-bond acceptors (Lipinski definition) is 4. The minimum absolute atomic E-state index is 0.112. The molecule has 0 bridgehead atoms. The van der Waals surface area contributed by atoms with Crippen molar-refractivity contribution in [1.82, 2.24) is 10.3 Å². The van der Waals surface area contributed by atoms with Crippen molar-refractivity contribution in [3.8, 4) is 0 Å². The molecule has 2 aliphatic heterocycles. The van der Waals surface area contributed by atoms with Gasteiger partial charge in [0.2, 0.25) is 0 Å². The number of carbonyl (C=O) groups is 1. The zero-order chi connectivity index (χ0) is 18.6. The Morgan fingerprint density at radius 2 is 2.26 bits per heavy atom. The van der Waals surface area contributed by atoms with Crippen molar-refractivity contribution < 1.29 is 4.79 Å². The van der Waals surface area contributed by atoms with Crippen LogP contribution in [0, 0.1) is 11.8 Å². The highest BCUT2D eigenvalue weighted by Gasteiger charge is 2.40. The van der Waals surface area contributed by atoms with Crippen LogP contribution in [-0.2, 0) is 4.79 Å². The van der Waals surface area contributed by atoms with Crippen molar-refractivity contribution in [1.29, 1.82) is 0 Å². The number of nitrogens with one attached hydrogen (secondary N) is 1. The second-order valence-electron chi connectivity index (χ2n) is 6.84. The van der Waals surface area contributed by atoms with Crippen molar-refractivity contribution in [2.75, 3.05) is 6.54 Å². The molecular weight excluding hydrogens is 360 g/mol. The zero-order valence-electron chi connectivity index (χ0n) is 14.9. The van der Waals surface area contributed by atoms with Crippen LogP contribution < -0.4 is 5.32 Å². The third kappa shape index (κ3) is 3.65. The van der Waals surface area contributed by atoms with Gasteiger partial charge in [-0.2, -0.15) is 0 Å². The first kappa shape index (κ1) is 17.9. The summed E-state index contributed by atoms with van der Waals surface area (Å²) >= 11 is 6.62. The number of allylic oxidation sites excluding steroid dienone is 4. The molecule has 0 fully saturated rings. The normalized spacial score (nSPS) is 27.0. The molecule has 3 aliphatic rings. The largest absolute Gasteiger partial charge is 0.351 e. The monoisotopic (exact) mass is 380 g/mol. The van der Waals surface area contributed by atoms with Crippen molar-refractivity contribution in [2.24, 2.45) is 21.8 Å². The lowest BCUT2D eigenvalue weighted by Crippen LogP contribution is -2.36. The number of aromatic nitrogens is 1. The molecule has 0 saturated carbocycles. The highest BCUT2D eigenvalue weighted by atomic mass is 35.5. The van der Waals surface area contributed by atoms with E-state index in [4.69, 9.17) is 16.6 Å². The molecule has 3 heterocycles. The Balaban J connectivity index is 1.77. The molecule has 0 radical (unpaired) electrons. The van der Waals surface area contributed by atoms with E-state index in [1.165, 1.54) is 0 Å². The summed E-state index contributed by atoms with van der Waals surface area (Å²) in [6, 6.07) is 5.53. The van der Waals surface area contributed by atoms with Crippen LogP contribution in [0.4, 0.5) is 0 Å². The third-order valence-corrected chi connectivity index (χ3v) is 5.52. The first-order chi connectivity index (χ1) is 13.3. The fourth-order valence-corrected chi connectivity index (χ4v) is 4.20. The van der Waals surface area contributed by atoms with Crippen molar-refractivity contribution in [3.05, 3.63) is 65.1 Å². The molecule has 0 aromatic carbocycles. The van der Waals surface area contributed by atoms with E-state index < -0.39 is 0 Å². The molecular formula is C21H21ClN4O. The van der Waals surface area contributed by atoms with Crippen LogP contribution in [0.3, 0.4) is 0 Å². The van der Waals surface area contributed by atoms with Gasteiger partial charge in [-0.15, -0.1) is 0 Å². The van der Waals surface area contributed by atoms with Crippen LogP contribution in [0.1, 0.15) is 31.0 Å². The van der Waals surface area contributed by atoms with Crippen LogP contribution in [0.25, 0.3) is 0 Å². The van der Waals surface area contributed by atoms with Gasteiger partial charge in [0.15, 0.2) is 0 Å². The maximum absolute atomic E-state index is 12.1. The Morgan fingerprint density at radius 3 is 3.00 bits per heavy atom. The first-order valence-corrected chi connectivity index (χ1v) is 9.60. The van der Waals surface area contributed by atoms with E-state index in [9.17, 15) is 4.79 Å². The third-order valence-electron chi connectivity index (χ3n) is 5.17. The predicted molar refractivity (Wildman–Crippen MR) is 108 cm³/mol. The minimum atomic E-state index is -0.345. The summed E-state index contributed by atoms with van der Waals surface area (Å²) in [5.41, 5.74) is 2.52. The highest BCUT2D eigenvalue weighted by Crippen LogP contribution is 2.43. The van der Waals surface area contributed by atoms with E-state index in [0.717, 1.165) is 47.0 Å². The molecule has 0 spiro atoms. The van der Waals surface area contributed by atoms with Gasteiger partial charge in [0.25, 0.3) is 0 Å². The summed E-state index contributed by atoms with van der Waals surface area (Å²) in [7, 11) is 0. The average molecular weight is 381 g/mol. The number of aldehydes is 1. The highest BCUT2D eigenvalue weighted by molar-refractivity contribution is 6.34. The molecule has 27 heavy (non-hydrogen) atoms. The molecule has 3 unspecified atom stereocenters. The van der Waals surface area contributed by atoms with Gasteiger partial charge in [-0.25, -0.2) is 0 Å². The van der Waals surface area contributed by atoms with E-state index in [2.05, 4.69) is 21.4 Å². The van der Waals surface area contributed by atoms with Gasteiger partial charge in [0.05, 0.1) is 29.9 Å². The topological polar surface area (TPSA) is 66.7 Å². The molecule has 5 nitrogen and oxygen atoms in total. The zero-order valence-corrected chi connectivity index (χ0v) is 15.6. The van der Waals surface area contributed by atoms with Crippen LogP contribution in [0.2, 0.25) is 0 Å². The van der Waals surface area contributed by atoms with E-state index in [0.29, 0.717) is 13.0 Å². The standard InChI is InChI=1S/C21H21ClN4O/c22-17-12-15(16(13-27)20-14(17)6-5-11-25-20)21(18-7-1-3-9-23-18)26-19-8-2-4-10-24-19/h1,3-7,9-10,13,15-16,21H,2,8,11-12H2,(H,24,26). The molecule has 3 atom stereocenters. The molecule has 1 aromatic heterocycles. The molecule has 1 aromatic rings. The number of fused-ring (bicyclic) bond motifs is 1. The van der Waals surface area contributed by atoms with Gasteiger partial charge in [-0.3, -0.25) is 15.0 Å². The Labute approximate surface area is 163 Å². The van der Waals surface area contributed by atoms with Gasteiger partial charge in [0.1, 0.15) is 12.1 Å². The lowest BCUT2D eigenvalue weighted by atomic mass is 9.73. The van der Waals surface area contributed by atoms with Crippen LogP contribution in [0.15, 0.2) is 69.4 Å². The van der Waals surface area contributed by atoms with E-state index in [-0.39, 0.29) is 17.9 Å². The fraction of sp³-hybridized carbons (Fsp3) is 0.333. The van der Waals surface area contributed by atoms with Gasteiger partial charge < -0.3 is 10.1 Å². The number of halogens is 1. The van der Waals surface area contributed by atoms with Gasteiger partial charge in [-0.05, 0) is 31.2 Å². The number of dihydropyridines is 1. The number of amidine groups is 1. The second-order valence-corrected chi connectivity index (χ2v) is 7.29. The van der Waals surface area contributed by atoms with Gasteiger partial charge in [-0.1, -0.05) is 35.9 Å². The van der Waals surface area contributed by atoms with Crippen molar-refractivity contribution in [3.63, 3.8) is 0 Å². The molecule has 1 N–H and O–H groups in total. The van der Waals surface area contributed by atoms with E-state index in [1.807, 2.05) is 36.6 Å². The van der Waals surface area contributed by atoms with Crippen LogP contribution >= 0.6 is 11.6 Å². The quantitative estimate of drug-likeness (QED) is 0.809. The number of pyridine rings is 1. The molecule has 1 aliphatic carbocycles. The maximum atomic E-state index is 12.1. The minimum Gasteiger partial charge on any atom is -0.351 e. The number of nitrogens with zero attached hydrogens (tertiary/aromatic N) is 3. The maximum Gasteiger partial charge on any atom is 0.129 e. The van der Waals surface area contributed by atoms with E-state index >= 15 is 0 Å². The molecule has 138 valence electrons. The Bertz CT molecular complexity index is 869.